The van der Waals surface area contributed by atoms with Gasteiger partial charge in [0, 0.05) is 4.90 Å². The number of allylic oxidation sites excluding steroid dienone is 1. The van der Waals surface area contributed by atoms with E-state index in [0.717, 1.165) is 5.76 Å². The third-order valence-electron chi connectivity index (χ3n) is 3.71. The van der Waals surface area contributed by atoms with Crippen molar-refractivity contribution in [1.29, 1.82) is 0 Å². The molecule has 0 aliphatic heterocycles. The van der Waals surface area contributed by atoms with Gasteiger partial charge in [0.05, 0.1) is 5.76 Å². The van der Waals surface area contributed by atoms with E-state index in [0.29, 0.717) is 0 Å². The number of thioether (sulfide) groups is 1. The molecule has 0 aliphatic rings. The second-order valence-corrected chi connectivity index (χ2v) is 12.0. The summed E-state index contributed by atoms with van der Waals surface area (Å²) in [6.07, 6.45) is 4.22. The molecule has 0 aromatic heterocycles. The molecule has 0 amide bonds. The second-order valence-electron chi connectivity index (χ2n) is 6.39. The molecule has 1 aromatic carbocycles. The molecule has 0 radical (unpaired) electrons. The predicted octanol–water partition coefficient (Wildman–Crippen LogP) is 5.79. The molecular weight excluding hydrogens is 268 g/mol. The van der Waals surface area contributed by atoms with E-state index in [9.17, 15) is 0 Å². The van der Waals surface area contributed by atoms with Crippen molar-refractivity contribution in [2.45, 2.75) is 50.7 Å². The molecule has 106 valence electrons. The van der Waals surface area contributed by atoms with Gasteiger partial charge in [-0.2, -0.15) is 0 Å². The van der Waals surface area contributed by atoms with Crippen molar-refractivity contribution in [2.75, 3.05) is 6.26 Å². The van der Waals surface area contributed by atoms with Crippen LogP contribution in [0.3, 0.4) is 0 Å². The first-order valence-corrected chi connectivity index (χ1v) is 10.8. The SMILES string of the molecule is CSc1ccc(/C=C(/C)O[Si](C)(C)C(C)(C)C)cc1. The monoisotopic (exact) mass is 294 g/mol. The summed E-state index contributed by atoms with van der Waals surface area (Å²) >= 11 is 1.76. The fourth-order valence-electron chi connectivity index (χ4n) is 1.52. The van der Waals surface area contributed by atoms with Gasteiger partial charge in [0.15, 0.2) is 0 Å². The Hall–Kier alpha value is -0.673. The maximum absolute atomic E-state index is 6.26. The van der Waals surface area contributed by atoms with E-state index in [1.807, 2.05) is 0 Å². The van der Waals surface area contributed by atoms with Crippen LogP contribution in [-0.2, 0) is 4.43 Å². The number of rotatable bonds is 4. The highest BCUT2D eigenvalue weighted by atomic mass is 32.2. The van der Waals surface area contributed by atoms with Crippen LogP contribution in [-0.4, -0.2) is 14.6 Å². The van der Waals surface area contributed by atoms with E-state index in [-0.39, 0.29) is 5.04 Å². The van der Waals surface area contributed by atoms with Gasteiger partial charge in [-0.1, -0.05) is 32.9 Å². The van der Waals surface area contributed by atoms with Crippen molar-refractivity contribution in [3.63, 3.8) is 0 Å². The van der Waals surface area contributed by atoms with Crippen LogP contribution < -0.4 is 0 Å². The molecule has 0 bridgehead atoms. The Morgan fingerprint density at radius 3 is 2.11 bits per heavy atom. The van der Waals surface area contributed by atoms with E-state index in [1.54, 1.807) is 11.8 Å². The summed E-state index contributed by atoms with van der Waals surface area (Å²) in [4.78, 5) is 1.29. The van der Waals surface area contributed by atoms with Crippen molar-refractivity contribution in [1.82, 2.24) is 0 Å². The van der Waals surface area contributed by atoms with E-state index in [1.165, 1.54) is 10.5 Å². The van der Waals surface area contributed by atoms with Crippen LogP contribution >= 0.6 is 11.8 Å². The highest BCUT2D eigenvalue weighted by Crippen LogP contribution is 2.38. The summed E-state index contributed by atoms with van der Waals surface area (Å²) in [6.45, 7) is 13.4. The van der Waals surface area contributed by atoms with Gasteiger partial charge in [0.25, 0.3) is 0 Å². The Kier molecular flexibility index (Phi) is 5.33. The standard InChI is InChI=1S/C16H26OSSi/c1-13(17-19(6,7)16(2,3)4)12-14-8-10-15(18-5)11-9-14/h8-12H,1-7H3/b13-12-. The predicted molar refractivity (Wildman–Crippen MR) is 90.2 cm³/mol. The molecule has 3 heteroatoms. The van der Waals surface area contributed by atoms with Crippen LogP contribution in [0.5, 0.6) is 0 Å². The van der Waals surface area contributed by atoms with E-state index in [4.69, 9.17) is 4.43 Å². The summed E-state index contributed by atoms with van der Waals surface area (Å²) < 4.78 is 6.26. The topological polar surface area (TPSA) is 9.23 Å². The van der Waals surface area contributed by atoms with Crippen molar-refractivity contribution in [3.05, 3.63) is 35.6 Å². The van der Waals surface area contributed by atoms with Gasteiger partial charge in [-0.25, -0.2) is 0 Å². The van der Waals surface area contributed by atoms with E-state index in [2.05, 4.69) is 77.4 Å². The number of hydrogen-bond donors (Lipinski definition) is 0. The zero-order valence-electron chi connectivity index (χ0n) is 13.2. The van der Waals surface area contributed by atoms with Gasteiger partial charge < -0.3 is 4.43 Å². The third-order valence-corrected chi connectivity index (χ3v) is 8.90. The molecule has 0 saturated carbocycles. The minimum absolute atomic E-state index is 0.241. The summed E-state index contributed by atoms with van der Waals surface area (Å²) in [5.41, 5.74) is 1.20. The Balaban J connectivity index is 2.82. The molecule has 0 saturated heterocycles. The summed E-state index contributed by atoms with van der Waals surface area (Å²) in [5.74, 6) is 1.02. The van der Waals surface area contributed by atoms with Crippen molar-refractivity contribution < 1.29 is 4.43 Å². The third kappa shape index (κ3) is 4.73. The first-order valence-electron chi connectivity index (χ1n) is 6.67. The molecule has 0 spiro atoms. The lowest BCUT2D eigenvalue weighted by molar-refractivity contribution is 0.390. The zero-order valence-corrected chi connectivity index (χ0v) is 15.0. The summed E-state index contributed by atoms with van der Waals surface area (Å²) in [5, 5.41) is 0.241. The molecule has 1 nitrogen and oxygen atoms in total. The molecule has 1 aromatic rings. The van der Waals surface area contributed by atoms with Gasteiger partial charge >= 0.3 is 0 Å². The number of benzene rings is 1. The smallest absolute Gasteiger partial charge is 0.250 e. The maximum Gasteiger partial charge on any atom is 0.250 e. The van der Waals surface area contributed by atoms with Gasteiger partial charge in [-0.05, 0) is 55.1 Å². The molecule has 1 rings (SSSR count). The van der Waals surface area contributed by atoms with Gasteiger partial charge in [-0.15, -0.1) is 11.8 Å². The second kappa shape index (κ2) is 6.19. The highest BCUT2D eigenvalue weighted by molar-refractivity contribution is 7.98. The average Bonchev–Trinajstić information content (AvgIpc) is 2.27. The van der Waals surface area contributed by atoms with Gasteiger partial charge in [0.2, 0.25) is 8.32 Å². The molecule has 0 N–H and O–H groups in total. The molecule has 0 heterocycles. The number of hydrogen-bond acceptors (Lipinski definition) is 2. The molecule has 0 fully saturated rings. The zero-order chi connectivity index (χ0) is 14.7. The van der Waals surface area contributed by atoms with Gasteiger partial charge in [-0.3, -0.25) is 0 Å². The average molecular weight is 295 g/mol. The molecular formula is C16H26OSSi. The van der Waals surface area contributed by atoms with Gasteiger partial charge in [0.1, 0.15) is 0 Å². The minimum Gasteiger partial charge on any atom is -0.547 e. The van der Waals surface area contributed by atoms with E-state index >= 15 is 0 Å². The van der Waals surface area contributed by atoms with Crippen LogP contribution in [0.2, 0.25) is 18.1 Å². The first-order chi connectivity index (χ1) is 8.65. The first kappa shape index (κ1) is 16.4. The fourth-order valence-corrected chi connectivity index (χ4v) is 3.10. The van der Waals surface area contributed by atoms with Crippen molar-refractivity contribution >= 4 is 26.2 Å². The molecule has 19 heavy (non-hydrogen) atoms. The Bertz CT molecular complexity index is 441. The van der Waals surface area contributed by atoms with Crippen molar-refractivity contribution in [2.24, 2.45) is 0 Å². The Morgan fingerprint density at radius 2 is 1.68 bits per heavy atom. The van der Waals surface area contributed by atoms with E-state index < -0.39 is 8.32 Å². The lowest BCUT2D eigenvalue weighted by atomic mass is 10.2. The van der Waals surface area contributed by atoms with Crippen LogP contribution in [0.15, 0.2) is 34.9 Å². The lowest BCUT2D eigenvalue weighted by Gasteiger charge is -2.36. The van der Waals surface area contributed by atoms with Crippen LogP contribution in [0.1, 0.15) is 33.3 Å². The molecule has 0 atom stereocenters. The quantitative estimate of drug-likeness (QED) is 0.395. The fraction of sp³-hybridized carbons (Fsp3) is 0.500. The largest absolute Gasteiger partial charge is 0.547 e. The Morgan fingerprint density at radius 1 is 1.16 bits per heavy atom. The lowest BCUT2D eigenvalue weighted by Crippen LogP contribution is -2.40. The Labute approximate surface area is 123 Å². The minimum atomic E-state index is -1.71. The molecule has 0 unspecified atom stereocenters. The van der Waals surface area contributed by atoms with Crippen LogP contribution in [0, 0.1) is 0 Å². The summed E-state index contributed by atoms with van der Waals surface area (Å²) in [7, 11) is -1.71. The maximum atomic E-state index is 6.26. The van der Waals surface area contributed by atoms with Crippen LogP contribution in [0.25, 0.3) is 6.08 Å². The molecule has 0 aliphatic carbocycles. The van der Waals surface area contributed by atoms with Crippen molar-refractivity contribution in [3.8, 4) is 0 Å². The van der Waals surface area contributed by atoms with Crippen LogP contribution in [0.4, 0.5) is 0 Å². The normalized spacial score (nSPS) is 13.5. The highest BCUT2D eigenvalue weighted by Gasteiger charge is 2.38. The summed E-state index contributed by atoms with van der Waals surface area (Å²) in [6, 6.07) is 8.58.